The van der Waals surface area contributed by atoms with Gasteiger partial charge in [-0.3, -0.25) is 9.88 Å². The molecule has 1 aliphatic carbocycles. The molecule has 0 amide bonds. The highest BCUT2D eigenvalue weighted by Gasteiger charge is 2.75. The number of fused-ring (bicyclic) bond motifs is 2. The van der Waals surface area contributed by atoms with Crippen LogP contribution in [0, 0.1) is 17.3 Å². The van der Waals surface area contributed by atoms with Gasteiger partial charge in [-0.15, -0.1) is 0 Å². The third-order valence-corrected chi connectivity index (χ3v) is 9.81. The molecular weight excluding hydrogens is 578 g/mol. The van der Waals surface area contributed by atoms with E-state index in [4.69, 9.17) is 17.0 Å². The second kappa shape index (κ2) is 10.3. The number of pyridine rings is 1. The molecule has 1 aromatic heterocycles. The van der Waals surface area contributed by atoms with E-state index in [1.165, 1.54) is 0 Å². The van der Waals surface area contributed by atoms with Gasteiger partial charge in [0.25, 0.3) is 0 Å². The van der Waals surface area contributed by atoms with Crippen LogP contribution in [0.1, 0.15) is 42.4 Å². The van der Waals surface area contributed by atoms with Gasteiger partial charge in [0, 0.05) is 42.3 Å². The number of thiocarbonyl (C=S) groups is 1. The summed E-state index contributed by atoms with van der Waals surface area (Å²) in [5.41, 5.74) is -1.19. The number of anilines is 1. The smallest absolute Gasteiger partial charge is 0.416 e. The number of piperidine rings is 3. The molecule has 1 saturated carbocycles. The van der Waals surface area contributed by atoms with Crippen molar-refractivity contribution in [1.29, 1.82) is 0 Å². The van der Waals surface area contributed by atoms with E-state index in [1.807, 2.05) is 24.3 Å². The van der Waals surface area contributed by atoms with E-state index in [0.29, 0.717) is 36.3 Å². The molecule has 7 rings (SSSR count). The van der Waals surface area contributed by atoms with Gasteiger partial charge in [-0.1, -0.05) is 6.92 Å². The first kappa shape index (κ1) is 29.0. The van der Waals surface area contributed by atoms with Gasteiger partial charge in [0.05, 0.1) is 23.8 Å². The summed E-state index contributed by atoms with van der Waals surface area (Å²) in [4.78, 5) is 7.07. The molecule has 6 atom stereocenters. The summed E-state index contributed by atoms with van der Waals surface area (Å²) in [6, 6.07) is 9.24. The monoisotopic (exact) mass is 608 g/mol. The van der Waals surface area contributed by atoms with Gasteiger partial charge in [-0.2, -0.15) is 26.3 Å². The highest BCUT2D eigenvalue weighted by atomic mass is 32.1. The largest absolute Gasteiger partial charge is 0.497 e. The van der Waals surface area contributed by atoms with Crippen LogP contribution in [0.25, 0.3) is 10.9 Å². The fourth-order valence-electron chi connectivity index (χ4n) is 7.83. The zero-order valence-corrected chi connectivity index (χ0v) is 23.8. The third kappa shape index (κ3) is 4.86. The number of methoxy groups -OCH3 is 1. The van der Waals surface area contributed by atoms with E-state index in [9.17, 15) is 26.3 Å². The van der Waals surface area contributed by atoms with E-state index in [0.717, 1.165) is 42.4 Å². The van der Waals surface area contributed by atoms with Crippen molar-refractivity contribution in [3.8, 4) is 5.75 Å². The van der Waals surface area contributed by atoms with E-state index in [2.05, 4.69) is 27.4 Å². The predicted molar refractivity (Wildman–Crippen MR) is 151 cm³/mol. The predicted octanol–water partition coefficient (Wildman–Crippen LogP) is 7.08. The average Bonchev–Trinajstić information content (AvgIpc) is 3.52. The standard InChI is InChI=1S/C30H30F6N4OS/c1-3-28-23-7-9-40(15-24(23)28)26(28)22(20-6-8-37-25-5-4-19(41-2)13-21(20)25)14-38-27(42)39-18-11-16(29(31,32)33)10-17(12-18)30(34,35)36/h4-6,8,10-13,22-24,26H,3,7,9,14-15H2,1-2H3,(H2,38,39,42)/t22-,23?,24?,26?,28?/m1/s1. The van der Waals surface area contributed by atoms with E-state index < -0.39 is 23.5 Å². The fraction of sp³-hybridized carbons (Fsp3) is 0.467. The summed E-state index contributed by atoms with van der Waals surface area (Å²) in [6.07, 6.45) is -5.95. The summed E-state index contributed by atoms with van der Waals surface area (Å²) in [5, 5.41) is 6.59. The first-order chi connectivity index (χ1) is 19.9. The molecule has 5 unspecified atom stereocenters. The van der Waals surface area contributed by atoms with Crippen LogP contribution in [0.15, 0.2) is 48.7 Å². The Hall–Kier alpha value is -3.12. The quantitative estimate of drug-likeness (QED) is 0.221. The van der Waals surface area contributed by atoms with Crippen molar-refractivity contribution in [3.05, 3.63) is 65.4 Å². The molecule has 5 nitrogen and oxygen atoms in total. The Morgan fingerprint density at radius 1 is 1.07 bits per heavy atom. The lowest BCUT2D eigenvalue weighted by Gasteiger charge is -2.43. The normalized spacial score (nSPS) is 27.0. The van der Waals surface area contributed by atoms with Crippen LogP contribution in [0.4, 0.5) is 32.0 Å². The Labute approximate surface area is 244 Å². The van der Waals surface area contributed by atoms with Gasteiger partial charge < -0.3 is 15.4 Å². The highest BCUT2D eigenvalue weighted by Crippen LogP contribution is 2.74. The topological polar surface area (TPSA) is 49.4 Å². The van der Waals surface area contributed by atoms with Crippen molar-refractivity contribution in [2.45, 2.75) is 44.1 Å². The molecule has 4 fully saturated rings. The molecule has 2 N–H and O–H groups in total. The molecule has 2 aromatic carbocycles. The van der Waals surface area contributed by atoms with Crippen molar-refractivity contribution < 1.29 is 31.1 Å². The number of aromatic nitrogens is 1. The Kier molecular flexibility index (Phi) is 7.07. The van der Waals surface area contributed by atoms with E-state index >= 15 is 0 Å². The van der Waals surface area contributed by atoms with Crippen molar-refractivity contribution in [2.24, 2.45) is 17.3 Å². The molecule has 12 heteroatoms. The maximum Gasteiger partial charge on any atom is 0.416 e. The van der Waals surface area contributed by atoms with Crippen LogP contribution in [-0.4, -0.2) is 47.8 Å². The maximum absolute atomic E-state index is 13.4. The highest BCUT2D eigenvalue weighted by molar-refractivity contribution is 7.80. The van der Waals surface area contributed by atoms with Crippen LogP contribution in [0.3, 0.4) is 0 Å². The van der Waals surface area contributed by atoms with Crippen molar-refractivity contribution in [3.63, 3.8) is 0 Å². The Balaban J connectivity index is 1.32. The van der Waals surface area contributed by atoms with Crippen molar-refractivity contribution in [2.75, 3.05) is 32.1 Å². The molecule has 3 saturated heterocycles. The summed E-state index contributed by atoms with van der Waals surface area (Å²) >= 11 is 5.42. The summed E-state index contributed by atoms with van der Waals surface area (Å²) < 4.78 is 85.8. The van der Waals surface area contributed by atoms with Crippen LogP contribution in [0.2, 0.25) is 0 Å². The summed E-state index contributed by atoms with van der Waals surface area (Å²) in [5.74, 6) is 1.89. The molecule has 3 aliphatic heterocycles. The van der Waals surface area contributed by atoms with Gasteiger partial charge >= 0.3 is 12.4 Å². The number of nitrogens with one attached hydrogen (secondary N) is 2. The zero-order valence-electron chi connectivity index (χ0n) is 22.9. The minimum absolute atomic E-state index is 0.0561. The molecule has 3 aromatic rings. The number of ether oxygens (including phenoxy) is 1. The van der Waals surface area contributed by atoms with Gasteiger partial charge in [-0.25, -0.2) is 0 Å². The molecule has 0 spiro atoms. The first-order valence-electron chi connectivity index (χ1n) is 13.9. The van der Waals surface area contributed by atoms with Crippen molar-refractivity contribution >= 4 is 33.9 Å². The Bertz CT molecular complexity index is 1490. The second-order valence-electron chi connectivity index (χ2n) is 11.4. The number of alkyl halides is 6. The van der Waals surface area contributed by atoms with Crippen LogP contribution >= 0.6 is 12.2 Å². The molecule has 4 bridgehead atoms. The van der Waals surface area contributed by atoms with Gasteiger partial charge in [0.2, 0.25) is 0 Å². The number of rotatable bonds is 7. The number of nitrogens with zero attached hydrogens (tertiary/aromatic N) is 2. The van der Waals surface area contributed by atoms with Gasteiger partial charge in [0.15, 0.2) is 5.11 Å². The average molecular weight is 609 g/mol. The molecule has 42 heavy (non-hydrogen) atoms. The van der Waals surface area contributed by atoms with E-state index in [1.54, 1.807) is 13.3 Å². The number of hydrogen-bond acceptors (Lipinski definition) is 4. The second-order valence-corrected chi connectivity index (χ2v) is 11.8. The lowest BCUT2D eigenvalue weighted by atomic mass is 9.75. The maximum atomic E-state index is 13.4. The molecule has 0 radical (unpaired) electrons. The minimum Gasteiger partial charge on any atom is -0.497 e. The lowest BCUT2D eigenvalue weighted by Crippen LogP contribution is -2.50. The molecule has 224 valence electrons. The SMILES string of the molecule is CCC12C3CCN(CC31)C2[C@H](CNC(=S)Nc1cc(C(F)(F)F)cc(C(F)(F)F)c1)c1ccnc2ccc(OC)cc12. The summed E-state index contributed by atoms with van der Waals surface area (Å²) in [6.45, 7) is 4.57. The van der Waals surface area contributed by atoms with Crippen LogP contribution < -0.4 is 15.4 Å². The summed E-state index contributed by atoms with van der Waals surface area (Å²) in [7, 11) is 1.60. The number of hydrogen-bond donors (Lipinski definition) is 2. The van der Waals surface area contributed by atoms with Crippen LogP contribution in [-0.2, 0) is 12.4 Å². The minimum atomic E-state index is -4.95. The molecule has 4 aliphatic rings. The lowest BCUT2D eigenvalue weighted by molar-refractivity contribution is -0.143. The Morgan fingerprint density at radius 3 is 2.40 bits per heavy atom. The Morgan fingerprint density at radius 2 is 1.79 bits per heavy atom. The van der Waals surface area contributed by atoms with Crippen LogP contribution in [0.5, 0.6) is 5.75 Å². The number of halogens is 6. The van der Waals surface area contributed by atoms with Gasteiger partial charge in [-0.05, 0) is 96.9 Å². The molecule has 4 heterocycles. The van der Waals surface area contributed by atoms with Crippen molar-refractivity contribution in [1.82, 2.24) is 15.2 Å². The zero-order chi connectivity index (χ0) is 30.0. The fourth-order valence-corrected chi connectivity index (χ4v) is 8.03. The van der Waals surface area contributed by atoms with E-state index in [-0.39, 0.29) is 34.2 Å². The number of benzene rings is 2. The molecular formula is C30H30F6N4OS. The first-order valence-corrected chi connectivity index (χ1v) is 14.3. The van der Waals surface area contributed by atoms with Gasteiger partial charge in [0.1, 0.15) is 5.75 Å². The third-order valence-electron chi connectivity index (χ3n) is 9.56.